The summed E-state index contributed by atoms with van der Waals surface area (Å²) >= 11 is 0. The van der Waals surface area contributed by atoms with Crippen LogP contribution in [0.1, 0.15) is 42.9 Å². The van der Waals surface area contributed by atoms with Gasteiger partial charge < -0.3 is 10.5 Å². The molecular weight excluding hydrogens is 328 g/mol. The number of rotatable bonds is 2. The summed E-state index contributed by atoms with van der Waals surface area (Å²) < 4.78 is 5.95. The van der Waals surface area contributed by atoms with Crippen molar-refractivity contribution < 1.29 is 14.3 Å². The molecule has 0 spiro atoms. The van der Waals surface area contributed by atoms with Crippen molar-refractivity contribution in [1.29, 1.82) is 0 Å². The maximum absolute atomic E-state index is 12.6. The summed E-state index contributed by atoms with van der Waals surface area (Å²) in [6, 6.07) is 14.6. The van der Waals surface area contributed by atoms with Gasteiger partial charge in [0.2, 0.25) is 0 Å². The van der Waals surface area contributed by atoms with Gasteiger partial charge in [0.1, 0.15) is 6.10 Å². The number of carbonyl (C=O) groups excluding carboxylic acids is 2. The largest absolute Gasteiger partial charge is 0.457 e. The van der Waals surface area contributed by atoms with Crippen LogP contribution in [-0.2, 0) is 16.0 Å². The molecule has 2 aliphatic rings. The number of benzene rings is 2. The van der Waals surface area contributed by atoms with Crippen molar-refractivity contribution in [2.24, 2.45) is 11.7 Å². The van der Waals surface area contributed by atoms with Gasteiger partial charge in [-0.1, -0.05) is 49.2 Å². The maximum atomic E-state index is 12.6. The summed E-state index contributed by atoms with van der Waals surface area (Å²) in [5.41, 5.74) is 8.86. The molecule has 0 aromatic heterocycles. The number of hydrogen-bond donors (Lipinski definition) is 1. The highest BCUT2D eigenvalue weighted by Crippen LogP contribution is 2.42. The molecule has 0 bridgehead atoms. The lowest BCUT2D eigenvalue weighted by atomic mass is 10.0. The number of primary amides is 1. The van der Waals surface area contributed by atoms with E-state index in [1.165, 1.54) is 4.90 Å². The Hall–Kier alpha value is -2.82. The molecule has 0 unspecified atom stereocenters. The van der Waals surface area contributed by atoms with Crippen LogP contribution in [0.2, 0.25) is 0 Å². The molecule has 134 valence electrons. The van der Waals surface area contributed by atoms with Gasteiger partial charge in [-0.15, -0.1) is 0 Å². The molecule has 0 saturated heterocycles. The van der Waals surface area contributed by atoms with Gasteiger partial charge in [0.15, 0.2) is 0 Å². The van der Waals surface area contributed by atoms with Crippen molar-refractivity contribution in [2.45, 2.75) is 38.2 Å². The first-order valence-corrected chi connectivity index (χ1v) is 9.12. The van der Waals surface area contributed by atoms with Crippen LogP contribution in [0.15, 0.2) is 48.5 Å². The predicted octanol–water partition coefficient (Wildman–Crippen LogP) is 4.23. The molecule has 2 aromatic carbocycles. The molecule has 0 radical (unpaired) electrons. The molecule has 1 aliphatic carbocycles. The molecule has 1 heterocycles. The second kappa shape index (κ2) is 6.83. The first kappa shape index (κ1) is 16.6. The highest BCUT2D eigenvalue weighted by molar-refractivity contribution is 6.00. The van der Waals surface area contributed by atoms with Crippen LogP contribution in [0, 0.1) is 5.92 Å². The highest BCUT2D eigenvalue weighted by Gasteiger charge is 2.33. The van der Waals surface area contributed by atoms with Gasteiger partial charge in [-0.25, -0.2) is 4.79 Å². The van der Waals surface area contributed by atoms with E-state index in [1.807, 2.05) is 48.5 Å². The van der Waals surface area contributed by atoms with Crippen LogP contribution in [0.25, 0.3) is 0 Å². The summed E-state index contributed by atoms with van der Waals surface area (Å²) in [6.45, 7) is 0. The fraction of sp³-hybridized carbons (Fsp3) is 0.333. The second-order valence-corrected chi connectivity index (χ2v) is 6.97. The second-order valence-electron chi connectivity index (χ2n) is 6.97. The van der Waals surface area contributed by atoms with Crippen LogP contribution in [0.5, 0.6) is 0 Å². The van der Waals surface area contributed by atoms with Gasteiger partial charge in [-0.2, -0.15) is 0 Å². The zero-order valence-corrected chi connectivity index (χ0v) is 14.6. The number of para-hydroxylation sites is 2. The minimum Gasteiger partial charge on any atom is -0.457 e. The summed E-state index contributed by atoms with van der Waals surface area (Å²) in [6.07, 6.45) is 4.06. The molecule has 4 rings (SSSR count). The minimum atomic E-state index is -0.548. The Morgan fingerprint density at radius 1 is 0.962 bits per heavy atom. The molecule has 1 atom stereocenters. The molecular formula is C21H22N2O3. The van der Waals surface area contributed by atoms with Crippen LogP contribution >= 0.6 is 0 Å². The molecule has 5 heteroatoms. The zero-order valence-electron chi connectivity index (χ0n) is 14.6. The van der Waals surface area contributed by atoms with E-state index in [4.69, 9.17) is 10.5 Å². The zero-order chi connectivity index (χ0) is 18.1. The lowest BCUT2D eigenvalue weighted by Gasteiger charge is -2.23. The fourth-order valence-corrected chi connectivity index (χ4v) is 4.05. The Labute approximate surface area is 152 Å². The van der Waals surface area contributed by atoms with E-state index >= 15 is 0 Å². The summed E-state index contributed by atoms with van der Waals surface area (Å²) in [5.74, 6) is -0.139. The number of fused-ring (bicyclic) bond motifs is 2. The average molecular weight is 350 g/mol. The number of nitrogens with zero attached hydrogens (tertiary/aromatic N) is 1. The standard InChI is InChI=1S/C21H22N2O3/c22-21(25)23-17-11-5-3-9-15(17)13-19(16-10-4-6-12-18(16)23)26-20(24)14-7-1-2-8-14/h3-6,9-12,14,19H,1-2,7-8,13H2,(H2,22,25)/t19-/m0/s1. The lowest BCUT2D eigenvalue weighted by Crippen LogP contribution is -2.32. The van der Waals surface area contributed by atoms with E-state index in [-0.39, 0.29) is 11.9 Å². The van der Waals surface area contributed by atoms with E-state index in [0.717, 1.165) is 42.5 Å². The molecule has 26 heavy (non-hydrogen) atoms. The lowest BCUT2D eigenvalue weighted by molar-refractivity contribution is -0.154. The van der Waals surface area contributed by atoms with Gasteiger partial charge in [-0.05, 0) is 30.5 Å². The van der Waals surface area contributed by atoms with E-state index in [9.17, 15) is 9.59 Å². The molecule has 2 N–H and O–H groups in total. The van der Waals surface area contributed by atoms with Gasteiger partial charge in [-0.3, -0.25) is 9.69 Å². The third-order valence-corrected chi connectivity index (χ3v) is 5.33. The van der Waals surface area contributed by atoms with E-state index in [0.29, 0.717) is 12.1 Å². The highest BCUT2D eigenvalue weighted by atomic mass is 16.5. The normalized spacial score (nSPS) is 19.4. The first-order valence-electron chi connectivity index (χ1n) is 9.12. The van der Waals surface area contributed by atoms with Crippen LogP contribution in [0.4, 0.5) is 16.2 Å². The Morgan fingerprint density at radius 2 is 1.62 bits per heavy atom. The van der Waals surface area contributed by atoms with Crippen molar-refractivity contribution in [3.05, 3.63) is 59.7 Å². The molecule has 1 saturated carbocycles. The van der Waals surface area contributed by atoms with Gasteiger partial charge in [0.05, 0.1) is 17.3 Å². The summed E-state index contributed by atoms with van der Waals surface area (Å²) in [4.78, 5) is 26.4. The number of amides is 2. The Balaban J connectivity index is 1.76. The van der Waals surface area contributed by atoms with Crippen LogP contribution in [0.3, 0.4) is 0 Å². The topological polar surface area (TPSA) is 72.6 Å². The number of urea groups is 1. The number of nitrogens with two attached hydrogens (primary N) is 1. The van der Waals surface area contributed by atoms with Crippen LogP contribution in [-0.4, -0.2) is 12.0 Å². The monoisotopic (exact) mass is 350 g/mol. The Morgan fingerprint density at radius 3 is 2.35 bits per heavy atom. The number of hydrogen-bond acceptors (Lipinski definition) is 3. The molecule has 1 aliphatic heterocycles. The van der Waals surface area contributed by atoms with Gasteiger partial charge in [0, 0.05) is 12.0 Å². The van der Waals surface area contributed by atoms with Gasteiger partial charge in [0.25, 0.3) is 0 Å². The molecule has 1 fully saturated rings. The van der Waals surface area contributed by atoms with Crippen molar-refractivity contribution in [3.63, 3.8) is 0 Å². The molecule has 2 amide bonds. The van der Waals surface area contributed by atoms with Crippen LogP contribution < -0.4 is 10.6 Å². The summed E-state index contributed by atoms with van der Waals surface area (Å²) in [5, 5.41) is 0. The van der Waals surface area contributed by atoms with Crippen molar-refractivity contribution in [3.8, 4) is 0 Å². The number of ether oxygens (including phenoxy) is 1. The molecule has 2 aromatic rings. The number of anilines is 2. The van der Waals surface area contributed by atoms with Gasteiger partial charge >= 0.3 is 12.0 Å². The maximum Gasteiger partial charge on any atom is 0.323 e. The molecule has 5 nitrogen and oxygen atoms in total. The third-order valence-electron chi connectivity index (χ3n) is 5.33. The number of carbonyl (C=O) groups is 2. The van der Waals surface area contributed by atoms with Crippen molar-refractivity contribution in [1.82, 2.24) is 0 Å². The first-order chi connectivity index (χ1) is 12.6. The minimum absolute atomic E-state index is 0.00657. The number of esters is 1. The Bertz CT molecular complexity index is 843. The fourth-order valence-electron chi connectivity index (χ4n) is 4.05. The van der Waals surface area contributed by atoms with Crippen molar-refractivity contribution in [2.75, 3.05) is 4.90 Å². The average Bonchev–Trinajstić information content (AvgIpc) is 3.13. The van der Waals surface area contributed by atoms with E-state index in [1.54, 1.807) is 0 Å². The predicted molar refractivity (Wildman–Crippen MR) is 99.1 cm³/mol. The van der Waals surface area contributed by atoms with Crippen molar-refractivity contribution >= 4 is 23.4 Å². The SMILES string of the molecule is NC(=O)N1c2ccccc2C[C@H](OC(=O)C2CCCC2)c2ccccc21. The quantitative estimate of drug-likeness (QED) is 0.824. The third kappa shape index (κ3) is 2.94. The summed E-state index contributed by atoms with van der Waals surface area (Å²) in [7, 11) is 0. The van der Waals surface area contributed by atoms with E-state index < -0.39 is 12.1 Å². The Kier molecular flexibility index (Phi) is 4.37. The van der Waals surface area contributed by atoms with E-state index in [2.05, 4.69) is 0 Å². The smallest absolute Gasteiger partial charge is 0.323 e.